The van der Waals surface area contributed by atoms with Crippen molar-refractivity contribution in [1.82, 2.24) is 10.3 Å². The smallest absolute Gasteiger partial charge is 0.490 e. The second-order valence-electron chi connectivity index (χ2n) is 12.1. The molecule has 1 heterocycles. The molecular weight excluding hydrogens is 721 g/mol. The van der Waals surface area contributed by atoms with Gasteiger partial charge in [0.05, 0.1) is 35.3 Å². The van der Waals surface area contributed by atoms with Crippen LogP contribution in [0.4, 0.5) is 24.7 Å². The average Bonchev–Trinajstić information content (AvgIpc) is 3.07. The van der Waals surface area contributed by atoms with Gasteiger partial charge in [-0.1, -0.05) is 24.3 Å². The SMILES string of the molecule is CCOc1cc([C@@H](Nc2ccc3c(N)nccc3c2)C(=O)NC(CC(=O)O)c2ccccc2S(=O)(=O)C(C)C)ccc1OC(C)C.O=C(O)C(F)(F)F. The molecule has 0 aliphatic carbocycles. The predicted molar refractivity (Wildman–Crippen MR) is 191 cm³/mol. The van der Waals surface area contributed by atoms with Gasteiger partial charge in [-0.25, -0.2) is 18.2 Å². The number of ether oxygens (including phenoxy) is 2. The number of aliphatic carboxylic acids is 2. The van der Waals surface area contributed by atoms with Gasteiger partial charge in [-0.15, -0.1) is 0 Å². The number of aromatic nitrogens is 1. The molecule has 1 amide bonds. The number of carbonyl (C=O) groups is 3. The van der Waals surface area contributed by atoms with Crippen LogP contribution in [0.1, 0.15) is 64.3 Å². The van der Waals surface area contributed by atoms with Crippen molar-refractivity contribution < 1.29 is 55.7 Å². The minimum absolute atomic E-state index is 0.0318. The lowest BCUT2D eigenvalue weighted by Gasteiger charge is -2.26. The Morgan fingerprint density at radius 3 is 2.19 bits per heavy atom. The molecule has 1 unspecified atom stereocenters. The van der Waals surface area contributed by atoms with E-state index in [1.807, 2.05) is 26.8 Å². The molecule has 0 aliphatic rings. The van der Waals surface area contributed by atoms with Gasteiger partial charge < -0.3 is 36.1 Å². The lowest BCUT2D eigenvalue weighted by atomic mass is 10.0. The maximum absolute atomic E-state index is 14.2. The Kier molecular flexibility index (Phi) is 14.0. The van der Waals surface area contributed by atoms with Gasteiger partial charge in [-0.05, 0) is 93.6 Å². The van der Waals surface area contributed by atoms with Crippen molar-refractivity contribution in [1.29, 1.82) is 0 Å². The van der Waals surface area contributed by atoms with Crippen LogP contribution in [0.25, 0.3) is 10.8 Å². The number of hydrogen-bond acceptors (Lipinski definition) is 10. The highest BCUT2D eigenvalue weighted by molar-refractivity contribution is 7.92. The van der Waals surface area contributed by atoms with Gasteiger partial charge in [0.15, 0.2) is 21.3 Å². The number of nitrogens with zero attached hydrogens (tertiary/aromatic N) is 1. The fraction of sp³-hybridized carbons (Fsp3) is 0.333. The molecule has 17 heteroatoms. The summed E-state index contributed by atoms with van der Waals surface area (Å²) in [7, 11) is -3.80. The van der Waals surface area contributed by atoms with E-state index in [0.717, 1.165) is 10.8 Å². The molecular formula is C36H41F3N4O9S. The van der Waals surface area contributed by atoms with Crippen LogP contribution in [0, 0.1) is 0 Å². The Morgan fingerprint density at radius 1 is 0.943 bits per heavy atom. The summed E-state index contributed by atoms with van der Waals surface area (Å²) in [6.45, 7) is 9.07. The standard InChI is InChI=1S/C34H40N4O7S.C2HF3O2/c1-6-44-29-18-23(11-14-28(29)45-20(2)3)32(37-24-12-13-25-22(17-24)15-16-36-33(25)35)34(41)38-27(19-31(39)40)26-9-7-8-10-30(26)46(42,43)21(4)5;3-2(4,5)1(6)7/h7-18,20-21,27,32,37H,6,19H2,1-5H3,(H2,35,36)(H,38,41)(H,39,40);(H,6,7)/t27?,32-;/m1./s1. The molecule has 6 N–H and O–H groups in total. The summed E-state index contributed by atoms with van der Waals surface area (Å²) in [6.07, 6.45) is -4.16. The van der Waals surface area contributed by atoms with Crippen LogP contribution in [-0.2, 0) is 24.2 Å². The minimum Gasteiger partial charge on any atom is -0.490 e. The first-order chi connectivity index (χ1) is 24.8. The Bertz CT molecular complexity index is 2040. The molecule has 2 atom stereocenters. The summed E-state index contributed by atoms with van der Waals surface area (Å²) in [4.78, 5) is 39.3. The highest BCUT2D eigenvalue weighted by Gasteiger charge is 2.38. The van der Waals surface area contributed by atoms with Crippen molar-refractivity contribution in [2.24, 2.45) is 0 Å². The molecule has 13 nitrogen and oxygen atoms in total. The van der Waals surface area contributed by atoms with Crippen LogP contribution in [0.15, 0.2) is 77.8 Å². The van der Waals surface area contributed by atoms with Crippen LogP contribution >= 0.6 is 0 Å². The summed E-state index contributed by atoms with van der Waals surface area (Å²) in [5, 5.41) is 23.8. The molecule has 4 rings (SSSR count). The second-order valence-corrected chi connectivity index (χ2v) is 14.6. The lowest BCUT2D eigenvalue weighted by Crippen LogP contribution is -2.37. The van der Waals surface area contributed by atoms with Gasteiger partial charge in [0.2, 0.25) is 5.91 Å². The summed E-state index contributed by atoms with van der Waals surface area (Å²) in [5.74, 6) is -3.25. The Labute approximate surface area is 304 Å². The fourth-order valence-electron chi connectivity index (χ4n) is 5.03. The Hall–Kier alpha value is -5.58. The molecule has 4 aromatic rings. The monoisotopic (exact) mass is 762 g/mol. The summed E-state index contributed by atoms with van der Waals surface area (Å²) in [5.41, 5.74) is 7.31. The Balaban J connectivity index is 0.000000980. The zero-order valence-electron chi connectivity index (χ0n) is 29.5. The van der Waals surface area contributed by atoms with Crippen LogP contribution in [-0.4, -0.2) is 65.6 Å². The van der Waals surface area contributed by atoms with E-state index in [0.29, 0.717) is 35.2 Å². The number of sulfone groups is 1. The number of carboxylic acids is 2. The molecule has 53 heavy (non-hydrogen) atoms. The molecule has 0 saturated heterocycles. The van der Waals surface area contributed by atoms with E-state index < -0.39 is 57.6 Å². The predicted octanol–water partition coefficient (Wildman–Crippen LogP) is 6.30. The number of nitrogens with one attached hydrogen (secondary N) is 2. The molecule has 1 aromatic heterocycles. The first-order valence-electron chi connectivity index (χ1n) is 16.2. The van der Waals surface area contributed by atoms with Crippen LogP contribution in [0.2, 0.25) is 0 Å². The van der Waals surface area contributed by atoms with Gasteiger partial charge in [0, 0.05) is 17.3 Å². The fourth-order valence-corrected chi connectivity index (χ4v) is 6.35. The third-order valence-electron chi connectivity index (χ3n) is 7.49. The van der Waals surface area contributed by atoms with E-state index in [1.165, 1.54) is 12.1 Å². The number of nitrogens with two attached hydrogens (primary N) is 1. The van der Waals surface area contributed by atoms with Crippen molar-refractivity contribution in [3.8, 4) is 11.5 Å². The number of rotatable bonds is 14. The van der Waals surface area contributed by atoms with Gasteiger partial charge in [-0.2, -0.15) is 13.2 Å². The number of alkyl halides is 3. The van der Waals surface area contributed by atoms with Crippen LogP contribution < -0.4 is 25.8 Å². The lowest BCUT2D eigenvalue weighted by molar-refractivity contribution is -0.192. The molecule has 0 spiro atoms. The van der Waals surface area contributed by atoms with Crippen molar-refractivity contribution in [2.75, 3.05) is 17.7 Å². The van der Waals surface area contributed by atoms with Crippen molar-refractivity contribution in [3.05, 3.63) is 84.1 Å². The molecule has 0 saturated carbocycles. The number of carbonyl (C=O) groups excluding carboxylic acids is 1. The molecule has 0 radical (unpaired) electrons. The molecule has 3 aromatic carbocycles. The number of nitrogen functional groups attached to an aromatic ring is 1. The largest absolute Gasteiger partial charge is 0.490 e. The van der Waals surface area contributed by atoms with Gasteiger partial charge >= 0.3 is 18.1 Å². The number of amides is 1. The zero-order chi connectivity index (χ0) is 39.7. The van der Waals surface area contributed by atoms with E-state index in [-0.39, 0.29) is 16.6 Å². The minimum atomic E-state index is -5.08. The first kappa shape index (κ1) is 41.8. The topological polar surface area (TPSA) is 207 Å². The first-order valence-corrected chi connectivity index (χ1v) is 17.8. The number of carboxylic acid groups (broad SMARTS) is 2. The summed E-state index contributed by atoms with van der Waals surface area (Å²) >= 11 is 0. The molecule has 0 bridgehead atoms. The van der Waals surface area contributed by atoms with Crippen molar-refractivity contribution in [2.45, 2.75) is 75.5 Å². The van der Waals surface area contributed by atoms with Crippen molar-refractivity contribution in [3.63, 3.8) is 0 Å². The number of benzene rings is 3. The number of pyridine rings is 1. The number of fused-ring (bicyclic) bond motifs is 1. The average molecular weight is 763 g/mol. The van der Waals surface area contributed by atoms with Crippen LogP contribution in [0.5, 0.6) is 11.5 Å². The highest BCUT2D eigenvalue weighted by Crippen LogP contribution is 2.35. The van der Waals surface area contributed by atoms with Crippen molar-refractivity contribution >= 4 is 50.0 Å². The van der Waals surface area contributed by atoms with Gasteiger partial charge in [0.1, 0.15) is 11.9 Å². The third kappa shape index (κ3) is 11.2. The van der Waals surface area contributed by atoms with Gasteiger partial charge in [0.25, 0.3) is 0 Å². The van der Waals surface area contributed by atoms with E-state index in [9.17, 15) is 36.3 Å². The maximum Gasteiger partial charge on any atom is 0.490 e. The third-order valence-corrected chi connectivity index (χ3v) is 9.72. The number of anilines is 2. The summed E-state index contributed by atoms with van der Waals surface area (Å²) in [6, 6.07) is 16.2. The van der Waals surface area contributed by atoms with Crippen LogP contribution in [0.3, 0.4) is 0 Å². The highest BCUT2D eigenvalue weighted by atomic mass is 32.2. The maximum atomic E-state index is 14.2. The Morgan fingerprint density at radius 2 is 1.60 bits per heavy atom. The normalized spacial score (nSPS) is 12.7. The molecule has 286 valence electrons. The van der Waals surface area contributed by atoms with E-state index in [2.05, 4.69) is 15.6 Å². The molecule has 0 fully saturated rings. The second kappa shape index (κ2) is 17.8. The summed E-state index contributed by atoms with van der Waals surface area (Å²) < 4.78 is 70.0. The molecule has 0 aliphatic heterocycles. The quantitative estimate of drug-likeness (QED) is 0.0959. The zero-order valence-corrected chi connectivity index (χ0v) is 30.3. The van der Waals surface area contributed by atoms with E-state index >= 15 is 0 Å². The van der Waals surface area contributed by atoms with Gasteiger partial charge in [-0.3, -0.25) is 9.59 Å². The van der Waals surface area contributed by atoms with E-state index in [1.54, 1.807) is 68.6 Å². The number of halogens is 3. The number of hydrogen-bond donors (Lipinski definition) is 5. The van der Waals surface area contributed by atoms with E-state index in [4.69, 9.17) is 25.1 Å².